The molecule has 8 heteroatoms. The minimum Gasteiger partial charge on any atom is -0.366 e. The van der Waals surface area contributed by atoms with E-state index in [0.717, 1.165) is 49.0 Å². The minimum absolute atomic E-state index is 0.0167. The second-order valence-electron chi connectivity index (χ2n) is 10.0. The lowest BCUT2D eigenvalue weighted by Gasteiger charge is -2.39. The highest BCUT2D eigenvalue weighted by Gasteiger charge is 2.41. The number of aromatic amines is 1. The van der Waals surface area contributed by atoms with Crippen LogP contribution in [0.4, 0.5) is 4.39 Å². The van der Waals surface area contributed by atoms with Crippen molar-refractivity contribution >= 4 is 22.6 Å². The Labute approximate surface area is 181 Å². The van der Waals surface area contributed by atoms with Gasteiger partial charge in [-0.2, -0.15) is 0 Å². The second-order valence-corrected chi connectivity index (χ2v) is 10.0. The van der Waals surface area contributed by atoms with Crippen molar-refractivity contribution in [2.45, 2.75) is 31.6 Å². The van der Waals surface area contributed by atoms with Gasteiger partial charge < -0.3 is 15.5 Å². The Balaban J connectivity index is 1.36. The number of likely N-dealkylation sites (tertiary alicyclic amines) is 1. The van der Waals surface area contributed by atoms with Crippen molar-refractivity contribution in [2.75, 3.05) is 40.3 Å². The van der Waals surface area contributed by atoms with E-state index in [2.05, 4.69) is 40.9 Å². The maximum absolute atomic E-state index is 14.0. The van der Waals surface area contributed by atoms with Crippen LogP contribution in [0.25, 0.3) is 16.7 Å². The molecule has 3 heterocycles. The standard InChI is InChI=1S/C23H31FN6O/c1-23(4-6-29(7-5-23)13-15-8-14(15)12-28(2)3)18-11-26-30-20-17(21(25)31)9-16(24)10-19(20)27-22(18)30/h9-11,14-15,26H,4-8,12-13H2,1-3H3,(H2,25,31). The minimum atomic E-state index is -0.658. The summed E-state index contributed by atoms with van der Waals surface area (Å²) in [6.07, 6.45) is 5.43. The molecule has 0 bridgehead atoms. The van der Waals surface area contributed by atoms with Gasteiger partial charge in [0, 0.05) is 36.3 Å². The lowest BCUT2D eigenvalue weighted by Crippen LogP contribution is -2.42. The molecule has 3 N–H and O–H groups in total. The maximum Gasteiger partial charge on any atom is 0.251 e. The molecule has 1 saturated heterocycles. The number of hydrogen-bond acceptors (Lipinski definition) is 4. The fraction of sp³-hybridized carbons (Fsp3) is 0.565. The molecule has 1 saturated carbocycles. The molecule has 7 nitrogen and oxygen atoms in total. The first kappa shape index (κ1) is 20.5. The summed E-state index contributed by atoms with van der Waals surface area (Å²) in [5.41, 5.74) is 8.50. The molecule has 1 aliphatic carbocycles. The number of rotatable bonds is 6. The van der Waals surface area contributed by atoms with Gasteiger partial charge in [0.05, 0.1) is 11.1 Å². The highest BCUT2D eigenvalue weighted by molar-refractivity contribution is 6.05. The van der Waals surface area contributed by atoms with Gasteiger partial charge in [-0.3, -0.25) is 9.89 Å². The van der Waals surface area contributed by atoms with Gasteiger partial charge >= 0.3 is 0 Å². The Morgan fingerprint density at radius 3 is 2.74 bits per heavy atom. The summed E-state index contributed by atoms with van der Waals surface area (Å²) in [5, 5.41) is 3.23. The van der Waals surface area contributed by atoms with Crippen LogP contribution in [0.15, 0.2) is 18.3 Å². The zero-order valence-electron chi connectivity index (χ0n) is 18.5. The van der Waals surface area contributed by atoms with E-state index in [4.69, 9.17) is 5.73 Å². The third kappa shape index (κ3) is 3.61. The van der Waals surface area contributed by atoms with E-state index in [1.165, 1.54) is 31.6 Å². The number of nitrogens with two attached hydrogens (primary N) is 1. The third-order valence-electron chi connectivity index (χ3n) is 7.33. The van der Waals surface area contributed by atoms with Gasteiger partial charge in [0.1, 0.15) is 11.3 Å². The van der Waals surface area contributed by atoms with E-state index in [0.29, 0.717) is 11.0 Å². The van der Waals surface area contributed by atoms with Crippen molar-refractivity contribution in [1.82, 2.24) is 24.4 Å². The van der Waals surface area contributed by atoms with Crippen LogP contribution < -0.4 is 5.73 Å². The molecule has 166 valence electrons. The van der Waals surface area contributed by atoms with E-state index in [1.54, 1.807) is 4.52 Å². The Morgan fingerprint density at radius 1 is 1.32 bits per heavy atom. The number of hydrogen-bond donors (Lipinski definition) is 2. The monoisotopic (exact) mass is 426 g/mol. The van der Waals surface area contributed by atoms with Crippen molar-refractivity contribution in [3.63, 3.8) is 0 Å². The number of nitrogens with zero attached hydrogens (tertiary/aromatic N) is 4. The molecule has 0 spiro atoms. The molecule has 2 unspecified atom stereocenters. The Hall–Kier alpha value is -2.45. The highest BCUT2D eigenvalue weighted by atomic mass is 19.1. The molecule has 1 aliphatic heterocycles. The number of benzene rings is 1. The van der Waals surface area contributed by atoms with Gasteiger partial charge in [-0.1, -0.05) is 6.92 Å². The summed E-state index contributed by atoms with van der Waals surface area (Å²) in [5.74, 6) is 0.528. The quantitative estimate of drug-likeness (QED) is 0.635. The SMILES string of the molecule is CN(C)CC1CC1CN1CCC(C)(c2c[nH]n3c2nc2cc(F)cc(C(N)=O)c23)CC1. The number of amides is 1. The number of halogens is 1. The lowest BCUT2D eigenvalue weighted by molar-refractivity contribution is 0.100. The van der Waals surface area contributed by atoms with Gasteiger partial charge in [0.25, 0.3) is 5.91 Å². The lowest BCUT2D eigenvalue weighted by atomic mass is 9.75. The first-order chi connectivity index (χ1) is 14.7. The summed E-state index contributed by atoms with van der Waals surface area (Å²) in [6, 6.07) is 2.54. The molecule has 1 amide bonds. The normalized spacial score (nSPS) is 23.8. The predicted molar refractivity (Wildman–Crippen MR) is 119 cm³/mol. The van der Waals surface area contributed by atoms with E-state index >= 15 is 0 Å². The van der Waals surface area contributed by atoms with Crippen LogP contribution in [0, 0.1) is 17.7 Å². The van der Waals surface area contributed by atoms with Crippen LogP contribution in [-0.4, -0.2) is 70.6 Å². The Morgan fingerprint density at radius 2 is 2.06 bits per heavy atom. The van der Waals surface area contributed by atoms with E-state index in [-0.39, 0.29) is 11.0 Å². The van der Waals surface area contributed by atoms with Crippen LogP contribution in [-0.2, 0) is 5.41 Å². The molecule has 2 aromatic heterocycles. The Bertz CT molecular complexity index is 1140. The molecule has 1 aromatic carbocycles. The van der Waals surface area contributed by atoms with Crippen LogP contribution in [0.5, 0.6) is 0 Å². The van der Waals surface area contributed by atoms with Crippen molar-refractivity contribution in [1.29, 1.82) is 0 Å². The summed E-state index contributed by atoms with van der Waals surface area (Å²) in [7, 11) is 4.30. The van der Waals surface area contributed by atoms with Crippen LogP contribution in [0.1, 0.15) is 42.1 Å². The molecule has 5 rings (SSSR count). The van der Waals surface area contributed by atoms with Gasteiger partial charge in [0.15, 0.2) is 5.65 Å². The number of nitrogens with one attached hydrogen (secondary N) is 1. The first-order valence-electron chi connectivity index (χ1n) is 11.1. The Kier molecular flexibility index (Phi) is 4.82. The number of aromatic nitrogens is 3. The van der Waals surface area contributed by atoms with Crippen LogP contribution in [0.3, 0.4) is 0 Å². The van der Waals surface area contributed by atoms with Gasteiger partial charge in [-0.25, -0.2) is 13.9 Å². The number of imidazole rings is 1. The smallest absolute Gasteiger partial charge is 0.251 e. The van der Waals surface area contributed by atoms with Crippen molar-refractivity contribution < 1.29 is 9.18 Å². The van der Waals surface area contributed by atoms with Crippen LogP contribution >= 0.6 is 0 Å². The average Bonchev–Trinajstić information content (AvgIpc) is 3.11. The number of primary amides is 1. The summed E-state index contributed by atoms with van der Waals surface area (Å²) >= 11 is 0. The third-order valence-corrected chi connectivity index (χ3v) is 7.33. The topological polar surface area (TPSA) is 82.7 Å². The molecular weight excluding hydrogens is 395 g/mol. The number of carbonyl (C=O) groups is 1. The van der Waals surface area contributed by atoms with Crippen molar-refractivity contribution in [3.05, 3.63) is 35.3 Å². The van der Waals surface area contributed by atoms with Gasteiger partial charge in [-0.15, -0.1) is 0 Å². The highest BCUT2D eigenvalue weighted by Crippen LogP contribution is 2.42. The van der Waals surface area contributed by atoms with E-state index < -0.39 is 11.7 Å². The number of carbonyl (C=O) groups excluding carboxylic acids is 1. The molecule has 2 aliphatic rings. The van der Waals surface area contributed by atoms with Crippen molar-refractivity contribution in [3.8, 4) is 0 Å². The fourth-order valence-corrected chi connectivity index (χ4v) is 5.36. The molecule has 0 radical (unpaired) electrons. The zero-order chi connectivity index (χ0) is 21.9. The van der Waals surface area contributed by atoms with Gasteiger partial charge in [0.2, 0.25) is 0 Å². The summed E-state index contributed by atoms with van der Waals surface area (Å²) in [6.45, 7) is 6.82. The zero-order valence-corrected chi connectivity index (χ0v) is 18.5. The van der Waals surface area contributed by atoms with E-state index in [1.807, 2.05) is 6.20 Å². The molecule has 2 atom stereocenters. The fourth-order valence-electron chi connectivity index (χ4n) is 5.36. The van der Waals surface area contributed by atoms with Crippen molar-refractivity contribution in [2.24, 2.45) is 17.6 Å². The van der Waals surface area contributed by atoms with Crippen LogP contribution in [0.2, 0.25) is 0 Å². The molecule has 31 heavy (non-hydrogen) atoms. The predicted octanol–water partition coefficient (Wildman–Crippen LogP) is 2.60. The van der Waals surface area contributed by atoms with E-state index in [9.17, 15) is 9.18 Å². The number of H-pyrrole nitrogens is 1. The summed E-state index contributed by atoms with van der Waals surface area (Å²) < 4.78 is 15.8. The maximum atomic E-state index is 14.0. The average molecular weight is 427 g/mol. The van der Waals surface area contributed by atoms with Gasteiger partial charge in [-0.05, 0) is 64.3 Å². The first-order valence-corrected chi connectivity index (χ1v) is 11.1. The second kappa shape index (κ2) is 7.31. The number of fused-ring (bicyclic) bond motifs is 3. The molecule has 3 aromatic rings. The largest absolute Gasteiger partial charge is 0.366 e. The molecule has 2 fully saturated rings. The summed E-state index contributed by atoms with van der Waals surface area (Å²) in [4.78, 5) is 21.5. The molecular formula is C23H31FN6O. The number of piperidine rings is 1.